The van der Waals surface area contributed by atoms with E-state index in [-0.39, 0.29) is 0 Å². The molecular weight excluding hydrogens is 195 g/mol. The molecule has 0 saturated carbocycles. The van der Waals surface area contributed by atoms with Crippen LogP contribution in [0, 0.1) is 5.92 Å². The molecule has 1 aromatic heterocycles. The third-order valence-electron chi connectivity index (χ3n) is 3.81. The van der Waals surface area contributed by atoms with E-state index in [1.807, 2.05) is 0 Å². The molecule has 2 nitrogen and oxygen atoms in total. The van der Waals surface area contributed by atoms with Gasteiger partial charge in [-0.1, -0.05) is 18.2 Å². The van der Waals surface area contributed by atoms with Crippen molar-refractivity contribution in [2.75, 3.05) is 13.1 Å². The van der Waals surface area contributed by atoms with E-state index in [9.17, 15) is 0 Å². The molecule has 3 heteroatoms. The minimum absolute atomic E-state index is 0.428. The molecule has 1 N–H and O–H groups in total. The minimum Gasteiger partial charge on any atom is -0.518 e. The number of hydrogen-bond acceptors (Lipinski definition) is 0. The van der Waals surface area contributed by atoms with Gasteiger partial charge in [0.1, 0.15) is 0 Å². The summed E-state index contributed by atoms with van der Waals surface area (Å²) in [4.78, 5) is 3.65. The van der Waals surface area contributed by atoms with Gasteiger partial charge in [0.25, 0.3) is 0 Å². The summed E-state index contributed by atoms with van der Waals surface area (Å²) in [6.07, 6.45) is 1.30. The van der Waals surface area contributed by atoms with Gasteiger partial charge in [-0.15, -0.1) is 0 Å². The largest absolute Gasteiger partial charge is 0.518 e. The second kappa shape index (κ2) is 2.72. The van der Waals surface area contributed by atoms with Crippen molar-refractivity contribution in [3.8, 4) is 0 Å². The summed E-state index contributed by atoms with van der Waals surface area (Å²) in [6.45, 7) is 4.30. The number of aromatic amines is 1. The topological polar surface area (TPSA) is 15.8 Å². The van der Waals surface area contributed by atoms with E-state index < -0.39 is 0 Å². The van der Waals surface area contributed by atoms with Crippen molar-refractivity contribution in [1.29, 1.82) is 0 Å². The lowest BCUT2D eigenvalue weighted by Crippen LogP contribution is -2.60. The molecule has 16 heavy (non-hydrogen) atoms. The summed E-state index contributed by atoms with van der Waals surface area (Å²) >= 11 is 0. The molecule has 82 valence electrons. The highest BCUT2D eigenvalue weighted by atomic mass is 15.3. The van der Waals surface area contributed by atoms with Gasteiger partial charge in [-0.2, -0.15) is 0 Å². The molecule has 2 aromatic rings. The fraction of sp³-hybridized carbons (Fsp3) is 0.385. The highest BCUT2D eigenvalue weighted by molar-refractivity contribution is 5.98. The molecule has 3 aliphatic rings. The van der Waals surface area contributed by atoms with Gasteiger partial charge < -0.3 is 9.38 Å². The van der Waals surface area contributed by atoms with Crippen molar-refractivity contribution in [3.63, 3.8) is 0 Å². The van der Waals surface area contributed by atoms with E-state index >= 15 is 0 Å². The highest BCUT2D eigenvalue weighted by Gasteiger charge is 2.39. The second-order valence-electron chi connectivity index (χ2n) is 4.89. The Morgan fingerprint density at radius 1 is 1.25 bits per heavy atom. The van der Waals surface area contributed by atoms with Crippen molar-refractivity contribution >= 4 is 18.9 Å². The number of benzene rings is 1. The first kappa shape index (κ1) is 8.88. The van der Waals surface area contributed by atoms with Crippen molar-refractivity contribution in [2.24, 2.45) is 5.92 Å². The zero-order chi connectivity index (χ0) is 10.8. The van der Waals surface area contributed by atoms with Gasteiger partial charge in [0.2, 0.25) is 0 Å². The quantitative estimate of drug-likeness (QED) is 0.626. The number of aromatic nitrogens is 1. The molecule has 1 aromatic carbocycles. The number of fused-ring (bicyclic) bond motifs is 1. The molecule has 3 aliphatic heterocycles. The van der Waals surface area contributed by atoms with Crippen LogP contribution in [0.3, 0.4) is 0 Å². The summed E-state index contributed by atoms with van der Waals surface area (Å²) in [6, 6.07) is 8.82. The van der Waals surface area contributed by atoms with Gasteiger partial charge >= 0.3 is 0 Å². The SMILES string of the molecule is [BH3-][N+]12Cc3c([nH]c4ccccc34)CC(C1)C2. The third-order valence-corrected chi connectivity index (χ3v) is 3.81. The number of rotatable bonds is 0. The minimum atomic E-state index is 0.428. The van der Waals surface area contributed by atoms with E-state index in [2.05, 4.69) is 29.2 Å². The lowest BCUT2D eigenvalue weighted by Gasteiger charge is -2.54. The molecule has 1 fully saturated rings. The van der Waals surface area contributed by atoms with Crippen LogP contribution in [0.15, 0.2) is 24.3 Å². The highest BCUT2D eigenvalue weighted by Crippen LogP contribution is 2.37. The fourth-order valence-electron chi connectivity index (χ4n) is 3.06. The molecule has 4 heterocycles. The van der Waals surface area contributed by atoms with Crippen LogP contribution in [-0.2, 0) is 13.0 Å². The Balaban J connectivity index is 1.96. The number of hydrogen-bond donors (Lipinski definition) is 1. The Morgan fingerprint density at radius 2 is 2.06 bits per heavy atom. The summed E-state index contributed by atoms with van der Waals surface area (Å²) in [5, 5.41) is 1.49. The second-order valence-corrected chi connectivity index (χ2v) is 4.89. The zero-order valence-electron chi connectivity index (χ0n) is 8.66. The van der Waals surface area contributed by atoms with Crippen LogP contribution in [0.1, 0.15) is 11.3 Å². The number of quaternary nitrogens is 1. The van der Waals surface area contributed by atoms with Crippen LogP contribution in [0.2, 0.25) is 0 Å². The van der Waals surface area contributed by atoms with E-state index in [4.69, 9.17) is 0 Å². The monoisotopic (exact) mass is 212 g/mol. The van der Waals surface area contributed by atoms with E-state index in [0.29, 0.717) is 7.98 Å². The maximum Gasteiger partial charge on any atom is 0.169 e. The molecule has 0 spiro atoms. The Hall–Kier alpha value is -1.22. The number of nitrogens with one attached hydrogen (secondary N) is 1. The van der Waals surface area contributed by atoms with Crippen molar-refractivity contribution in [1.82, 2.24) is 4.98 Å². The van der Waals surface area contributed by atoms with Gasteiger partial charge in [0.15, 0.2) is 7.98 Å². The third kappa shape index (κ3) is 1.07. The summed E-state index contributed by atoms with van der Waals surface area (Å²) in [5.41, 5.74) is 4.54. The van der Waals surface area contributed by atoms with Crippen molar-refractivity contribution in [2.45, 2.75) is 13.0 Å². The molecular formula is C13H17BN2. The lowest BCUT2D eigenvalue weighted by atomic mass is 9.89. The average molecular weight is 212 g/mol. The molecule has 0 amide bonds. The van der Waals surface area contributed by atoms with Crippen LogP contribution in [-0.4, -0.2) is 30.4 Å². The normalized spacial score (nSPS) is 31.9. The van der Waals surface area contributed by atoms with E-state index in [1.54, 1.807) is 11.3 Å². The van der Waals surface area contributed by atoms with Crippen molar-refractivity contribution in [3.05, 3.63) is 35.5 Å². The Bertz CT molecular complexity index is 566. The standard InChI is InChI=1S/C13H17BN2/c14-16-6-9(7-16)5-13-11(8-16)10-3-1-2-4-12(10)15-13/h1-4,9,15H,5-8H2,14H3. The average Bonchev–Trinajstić information content (AvgIpc) is 2.40. The van der Waals surface area contributed by atoms with E-state index in [1.165, 1.54) is 41.4 Å². The number of H-pyrrole nitrogens is 1. The van der Waals surface area contributed by atoms with Crippen molar-refractivity contribution < 1.29 is 4.39 Å². The van der Waals surface area contributed by atoms with Gasteiger partial charge in [0.05, 0.1) is 12.5 Å². The zero-order valence-corrected chi connectivity index (χ0v) is 8.66. The van der Waals surface area contributed by atoms with Crippen LogP contribution < -0.4 is 0 Å². The maximum atomic E-state index is 3.65. The van der Waals surface area contributed by atoms with Crippen LogP contribution in [0.4, 0.5) is 0 Å². The Morgan fingerprint density at radius 3 is 2.94 bits per heavy atom. The molecule has 1 saturated heterocycles. The van der Waals surface area contributed by atoms with Crippen LogP contribution in [0.5, 0.6) is 0 Å². The molecule has 0 atom stereocenters. The van der Waals surface area contributed by atoms with Gasteiger partial charge in [-0.25, -0.2) is 0 Å². The number of nitrogens with zero attached hydrogens (tertiary/aromatic N) is 1. The predicted molar refractivity (Wildman–Crippen MR) is 69.1 cm³/mol. The number of para-hydroxylation sites is 1. The van der Waals surface area contributed by atoms with Gasteiger partial charge in [-0.3, -0.25) is 0 Å². The first-order valence-corrected chi connectivity index (χ1v) is 5.71. The molecule has 0 aliphatic carbocycles. The Labute approximate surface area is 96.3 Å². The molecule has 0 radical (unpaired) electrons. The predicted octanol–water partition coefficient (Wildman–Crippen LogP) is 0.951. The Kier molecular flexibility index (Phi) is 1.51. The summed E-state index contributed by atoms with van der Waals surface area (Å²) < 4.78 is 1.50. The van der Waals surface area contributed by atoms with Gasteiger partial charge in [-0.05, 0) is 6.07 Å². The van der Waals surface area contributed by atoms with Crippen LogP contribution in [0.25, 0.3) is 10.9 Å². The fourth-order valence-corrected chi connectivity index (χ4v) is 3.06. The van der Waals surface area contributed by atoms with Crippen LogP contribution >= 0.6 is 0 Å². The first-order valence-electron chi connectivity index (χ1n) is 5.71. The summed E-state index contributed by atoms with van der Waals surface area (Å²) in [5.74, 6) is 0.979. The maximum absolute atomic E-state index is 3.65. The summed E-state index contributed by atoms with van der Waals surface area (Å²) in [7, 11) is 0.428. The molecule has 2 bridgehead atoms. The smallest absolute Gasteiger partial charge is 0.169 e. The van der Waals surface area contributed by atoms with E-state index in [0.717, 1.165) is 5.92 Å². The lowest BCUT2D eigenvalue weighted by molar-refractivity contribution is -0.881. The molecule has 0 unspecified atom stereocenters. The first-order chi connectivity index (χ1) is 7.73. The van der Waals surface area contributed by atoms with Gasteiger partial charge in [0, 0.05) is 41.7 Å². The molecule has 5 rings (SSSR count).